The van der Waals surface area contributed by atoms with Crippen molar-refractivity contribution in [1.82, 2.24) is 15.3 Å². The van der Waals surface area contributed by atoms with Crippen LogP contribution in [0.15, 0.2) is 16.7 Å². The van der Waals surface area contributed by atoms with Crippen molar-refractivity contribution in [3.05, 3.63) is 29.6 Å². The van der Waals surface area contributed by atoms with E-state index in [0.717, 1.165) is 41.7 Å². The monoisotopic (exact) mass is 245 g/mol. The second-order valence-electron chi connectivity index (χ2n) is 5.05. The molecule has 2 N–H and O–H groups in total. The van der Waals surface area contributed by atoms with E-state index in [0.29, 0.717) is 5.92 Å². The van der Waals surface area contributed by atoms with Gasteiger partial charge in [0.05, 0.1) is 11.9 Å². The lowest BCUT2D eigenvalue weighted by atomic mass is 9.99. The molecule has 1 saturated heterocycles. The molecular formula is C14H19N3O. The number of nitrogens with one attached hydrogen (secondary N) is 2. The zero-order valence-electron chi connectivity index (χ0n) is 10.9. The van der Waals surface area contributed by atoms with Crippen molar-refractivity contribution in [2.75, 3.05) is 13.1 Å². The number of rotatable bonds is 2. The van der Waals surface area contributed by atoms with Gasteiger partial charge < -0.3 is 14.7 Å². The maximum atomic E-state index is 5.56. The van der Waals surface area contributed by atoms with Crippen molar-refractivity contribution in [1.29, 1.82) is 0 Å². The highest BCUT2D eigenvalue weighted by Gasteiger charge is 2.19. The molecular weight excluding hydrogens is 226 g/mol. The highest BCUT2D eigenvalue weighted by molar-refractivity contribution is 5.61. The number of aromatic amines is 1. The van der Waals surface area contributed by atoms with E-state index < -0.39 is 0 Å². The van der Waals surface area contributed by atoms with Gasteiger partial charge in [0.15, 0.2) is 0 Å². The summed E-state index contributed by atoms with van der Waals surface area (Å²) in [4.78, 5) is 7.97. The Morgan fingerprint density at radius 3 is 2.94 bits per heavy atom. The predicted molar refractivity (Wildman–Crippen MR) is 70.6 cm³/mol. The lowest BCUT2D eigenvalue weighted by Crippen LogP contribution is -2.28. The first-order chi connectivity index (χ1) is 8.74. The molecule has 0 aromatic carbocycles. The van der Waals surface area contributed by atoms with Crippen molar-refractivity contribution in [3.63, 3.8) is 0 Å². The topological polar surface area (TPSA) is 53.9 Å². The van der Waals surface area contributed by atoms with Crippen molar-refractivity contribution in [3.8, 4) is 11.3 Å². The Labute approximate surface area is 107 Å². The average Bonchev–Trinajstić information content (AvgIpc) is 2.97. The van der Waals surface area contributed by atoms with Gasteiger partial charge in [-0.1, -0.05) is 0 Å². The van der Waals surface area contributed by atoms with Crippen LogP contribution in [0, 0.1) is 13.8 Å². The molecule has 1 unspecified atom stereocenters. The van der Waals surface area contributed by atoms with Crippen LogP contribution in [-0.4, -0.2) is 23.1 Å². The second-order valence-corrected chi connectivity index (χ2v) is 5.05. The van der Waals surface area contributed by atoms with Crippen LogP contribution in [0.1, 0.15) is 36.1 Å². The van der Waals surface area contributed by atoms with Gasteiger partial charge in [-0.2, -0.15) is 0 Å². The van der Waals surface area contributed by atoms with Gasteiger partial charge in [0.2, 0.25) is 0 Å². The van der Waals surface area contributed by atoms with E-state index in [1.807, 2.05) is 20.0 Å². The Balaban J connectivity index is 1.86. The fourth-order valence-electron chi connectivity index (χ4n) is 2.66. The summed E-state index contributed by atoms with van der Waals surface area (Å²) in [5.41, 5.74) is 2.18. The summed E-state index contributed by atoms with van der Waals surface area (Å²) in [6, 6.07) is 2.06. The molecule has 3 rings (SSSR count). The molecule has 96 valence electrons. The maximum Gasteiger partial charge on any atom is 0.110 e. The number of H-pyrrole nitrogens is 1. The van der Waals surface area contributed by atoms with E-state index in [1.165, 1.54) is 12.8 Å². The molecule has 0 amide bonds. The van der Waals surface area contributed by atoms with Gasteiger partial charge >= 0.3 is 0 Å². The number of aromatic nitrogens is 2. The van der Waals surface area contributed by atoms with E-state index in [-0.39, 0.29) is 0 Å². The summed E-state index contributed by atoms with van der Waals surface area (Å²) >= 11 is 0. The highest BCUT2D eigenvalue weighted by atomic mass is 16.3. The van der Waals surface area contributed by atoms with Crippen molar-refractivity contribution >= 4 is 0 Å². The Kier molecular flexibility index (Phi) is 2.96. The minimum Gasteiger partial charge on any atom is -0.466 e. The largest absolute Gasteiger partial charge is 0.466 e. The summed E-state index contributed by atoms with van der Waals surface area (Å²) in [7, 11) is 0. The first-order valence-corrected chi connectivity index (χ1v) is 6.57. The number of furan rings is 1. The van der Waals surface area contributed by atoms with Gasteiger partial charge in [-0.3, -0.25) is 0 Å². The van der Waals surface area contributed by atoms with Crippen LogP contribution in [0.2, 0.25) is 0 Å². The van der Waals surface area contributed by atoms with Crippen molar-refractivity contribution < 1.29 is 4.42 Å². The molecule has 0 saturated carbocycles. The summed E-state index contributed by atoms with van der Waals surface area (Å²) in [5, 5.41) is 3.42. The van der Waals surface area contributed by atoms with Crippen LogP contribution in [0.3, 0.4) is 0 Å². The van der Waals surface area contributed by atoms with Gasteiger partial charge in [0.25, 0.3) is 0 Å². The maximum absolute atomic E-state index is 5.56. The zero-order valence-corrected chi connectivity index (χ0v) is 10.9. The molecule has 3 heterocycles. The van der Waals surface area contributed by atoms with Gasteiger partial charge in [0.1, 0.15) is 17.3 Å². The van der Waals surface area contributed by atoms with Crippen LogP contribution in [0.25, 0.3) is 11.3 Å². The fourth-order valence-corrected chi connectivity index (χ4v) is 2.66. The summed E-state index contributed by atoms with van der Waals surface area (Å²) < 4.78 is 5.56. The van der Waals surface area contributed by atoms with Crippen LogP contribution < -0.4 is 5.32 Å². The first kappa shape index (κ1) is 11.5. The molecule has 18 heavy (non-hydrogen) atoms. The van der Waals surface area contributed by atoms with Crippen molar-refractivity contribution in [2.45, 2.75) is 32.6 Å². The molecule has 0 spiro atoms. The lowest BCUT2D eigenvalue weighted by molar-refractivity contribution is 0.449. The molecule has 2 aromatic heterocycles. The minimum atomic E-state index is 0.515. The molecule has 1 aliphatic rings. The van der Waals surface area contributed by atoms with E-state index in [2.05, 4.69) is 21.4 Å². The van der Waals surface area contributed by atoms with Crippen molar-refractivity contribution in [2.24, 2.45) is 0 Å². The second kappa shape index (κ2) is 4.61. The molecule has 4 heteroatoms. The SMILES string of the molecule is Cc1cc(-c2cnc(C3CCCNC3)[nH]2)c(C)o1. The van der Waals surface area contributed by atoms with Crippen LogP contribution in [0.5, 0.6) is 0 Å². The highest BCUT2D eigenvalue weighted by Crippen LogP contribution is 2.27. The Morgan fingerprint density at radius 2 is 2.28 bits per heavy atom. The van der Waals surface area contributed by atoms with Gasteiger partial charge in [-0.15, -0.1) is 0 Å². The summed E-state index contributed by atoms with van der Waals surface area (Å²) in [5.74, 6) is 3.50. The first-order valence-electron chi connectivity index (χ1n) is 6.57. The third-order valence-electron chi connectivity index (χ3n) is 3.61. The number of piperidine rings is 1. The smallest absolute Gasteiger partial charge is 0.110 e. The lowest BCUT2D eigenvalue weighted by Gasteiger charge is -2.20. The quantitative estimate of drug-likeness (QED) is 0.855. The van der Waals surface area contributed by atoms with E-state index in [9.17, 15) is 0 Å². The third-order valence-corrected chi connectivity index (χ3v) is 3.61. The number of hydrogen-bond donors (Lipinski definition) is 2. The molecule has 0 aliphatic carbocycles. The Morgan fingerprint density at radius 1 is 1.39 bits per heavy atom. The minimum absolute atomic E-state index is 0.515. The van der Waals surface area contributed by atoms with Crippen LogP contribution in [-0.2, 0) is 0 Å². The van der Waals surface area contributed by atoms with E-state index >= 15 is 0 Å². The Hall–Kier alpha value is -1.55. The molecule has 1 atom stereocenters. The number of aryl methyl sites for hydroxylation is 2. The van der Waals surface area contributed by atoms with Crippen LogP contribution >= 0.6 is 0 Å². The number of hydrogen-bond acceptors (Lipinski definition) is 3. The summed E-state index contributed by atoms with van der Waals surface area (Å²) in [6.07, 6.45) is 4.36. The average molecular weight is 245 g/mol. The predicted octanol–water partition coefficient (Wildman–Crippen LogP) is 2.75. The van der Waals surface area contributed by atoms with Gasteiger partial charge in [-0.05, 0) is 39.3 Å². The number of imidazole rings is 1. The molecule has 4 nitrogen and oxygen atoms in total. The van der Waals surface area contributed by atoms with Gasteiger partial charge in [0, 0.05) is 18.0 Å². The fraction of sp³-hybridized carbons (Fsp3) is 0.500. The van der Waals surface area contributed by atoms with Crippen LogP contribution in [0.4, 0.5) is 0 Å². The normalized spacial score (nSPS) is 20.2. The standard InChI is InChI=1S/C14H19N3O/c1-9-6-12(10(2)18-9)13-8-16-14(17-13)11-4-3-5-15-7-11/h6,8,11,15H,3-5,7H2,1-2H3,(H,16,17). The third kappa shape index (κ3) is 2.08. The van der Waals surface area contributed by atoms with Gasteiger partial charge in [-0.25, -0.2) is 4.98 Å². The Bertz CT molecular complexity index is 535. The molecule has 0 bridgehead atoms. The zero-order chi connectivity index (χ0) is 12.5. The molecule has 0 radical (unpaired) electrons. The molecule has 1 fully saturated rings. The molecule has 1 aliphatic heterocycles. The summed E-state index contributed by atoms with van der Waals surface area (Å²) in [6.45, 7) is 6.12. The van der Waals surface area contributed by atoms with E-state index in [1.54, 1.807) is 0 Å². The van der Waals surface area contributed by atoms with E-state index in [4.69, 9.17) is 4.42 Å². The number of nitrogens with zero attached hydrogens (tertiary/aromatic N) is 1. The molecule has 2 aromatic rings.